The van der Waals surface area contributed by atoms with Crippen LogP contribution in [-0.4, -0.2) is 27.2 Å². The number of aromatic nitrogens is 2. The molecule has 0 aliphatic heterocycles. The zero-order valence-electron chi connectivity index (χ0n) is 12.0. The normalized spacial score (nSPS) is 13.9. The Morgan fingerprint density at radius 1 is 1.26 bits per heavy atom. The van der Waals surface area contributed by atoms with E-state index in [1.54, 1.807) is 6.07 Å². The molecule has 6 heteroatoms. The van der Waals surface area contributed by atoms with Gasteiger partial charge in [-0.2, -0.15) is 0 Å². The lowest BCUT2D eigenvalue weighted by Crippen LogP contribution is -2.33. The van der Waals surface area contributed by atoms with Crippen LogP contribution in [0.15, 0.2) is 6.07 Å². The fourth-order valence-corrected chi connectivity index (χ4v) is 1.90. The quantitative estimate of drug-likeness (QED) is 0.423. The molecule has 0 spiro atoms. The van der Waals surface area contributed by atoms with Gasteiger partial charge >= 0.3 is 0 Å². The van der Waals surface area contributed by atoms with Gasteiger partial charge < -0.3 is 15.8 Å². The number of hydrogen-bond acceptors (Lipinski definition) is 6. The second-order valence-electron chi connectivity index (χ2n) is 5.05. The summed E-state index contributed by atoms with van der Waals surface area (Å²) < 4.78 is 0. The maximum Gasteiger partial charge on any atom is 0.145 e. The van der Waals surface area contributed by atoms with Gasteiger partial charge in [0.15, 0.2) is 0 Å². The van der Waals surface area contributed by atoms with Gasteiger partial charge in [-0.15, -0.1) is 0 Å². The van der Waals surface area contributed by atoms with E-state index in [9.17, 15) is 5.11 Å². The molecule has 0 saturated heterocycles. The van der Waals surface area contributed by atoms with E-state index in [0.717, 1.165) is 31.5 Å². The summed E-state index contributed by atoms with van der Waals surface area (Å²) in [6, 6.07) is 1.74. The molecule has 1 unspecified atom stereocenters. The minimum absolute atomic E-state index is 0.452. The summed E-state index contributed by atoms with van der Waals surface area (Å²) in [5, 5.41) is 13.3. The molecule has 0 radical (unpaired) electrons. The Labute approximate surface area is 114 Å². The smallest absolute Gasteiger partial charge is 0.145 e. The predicted octanol–water partition coefficient (Wildman–Crippen LogP) is 1.68. The zero-order valence-corrected chi connectivity index (χ0v) is 12.0. The molecule has 19 heavy (non-hydrogen) atoms. The number of aliphatic hydroxyl groups is 1. The Bertz CT molecular complexity index is 395. The van der Waals surface area contributed by atoms with Gasteiger partial charge in [-0.3, -0.25) is 0 Å². The van der Waals surface area contributed by atoms with Crippen molar-refractivity contribution in [1.29, 1.82) is 0 Å². The number of nitrogens with one attached hydrogen (secondary N) is 2. The van der Waals surface area contributed by atoms with Gasteiger partial charge in [0.1, 0.15) is 17.5 Å². The van der Waals surface area contributed by atoms with E-state index in [0.29, 0.717) is 18.2 Å². The fourth-order valence-electron chi connectivity index (χ4n) is 1.90. The third-order valence-electron chi connectivity index (χ3n) is 2.83. The number of anilines is 2. The van der Waals surface area contributed by atoms with Crippen LogP contribution in [0.4, 0.5) is 11.6 Å². The number of nitrogens with two attached hydrogens (primary N) is 1. The summed E-state index contributed by atoms with van der Waals surface area (Å²) >= 11 is 0. The topological polar surface area (TPSA) is 96.1 Å². The Balaban J connectivity index is 2.74. The highest BCUT2D eigenvalue weighted by Crippen LogP contribution is 2.15. The van der Waals surface area contributed by atoms with Gasteiger partial charge in [0.25, 0.3) is 0 Å². The summed E-state index contributed by atoms with van der Waals surface area (Å²) in [6.07, 6.45) is 3.46. The molecule has 0 fully saturated rings. The van der Waals surface area contributed by atoms with Crippen molar-refractivity contribution in [3.8, 4) is 0 Å². The first-order valence-corrected chi connectivity index (χ1v) is 6.81. The van der Waals surface area contributed by atoms with Crippen molar-refractivity contribution in [1.82, 2.24) is 9.97 Å². The van der Waals surface area contributed by atoms with Gasteiger partial charge in [-0.05, 0) is 19.8 Å². The highest BCUT2D eigenvalue weighted by Gasteiger charge is 2.19. The van der Waals surface area contributed by atoms with Crippen LogP contribution in [0.2, 0.25) is 0 Å². The third-order valence-corrected chi connectivity index (χ3v) is 2.83. The number of rotatable bonds is 8. The van der Waals surface area contributed by atoms with Crippen molar-refractivity contribution >= 4 is 11.6 Å². The predicted molar refractivity (Wildman–Crippen MR) is 77.9 cm³/mol. The standard InChI is InChI=1S/C13H25N5O/c1-4-6-10-16-11(8-12(17-10)18-14)15-9-13(3,19)7-5-2/h8,19H,4-7,9,14H2,1-3H3,(H2,15,16,17,18). The molecule has 5 N–H and O–H groups in total. The van der Waals surface area contributed by atoms with E-state index in [2.05, 4.69) is 34.6 Å². The molecule has 1 heterocycles. The van der Waals surface area contributed by atoms with Gasteiger partial charge in [0.2, 0.25) is 0 Å². The second kappa shape index (κ2) is 7.25. The van der Waals surface area contributed by atoms with Gasteiger partial charge in [-0.25, -0.2) is 15.8 Å². The average Bonchev–Trinajstić information content (AvgIpc) is 2.36. The van der Waals surface area contributed by atoms with Crippen molar-refractivity contribution in [2.24, 2.45) is 5.84 Å². The Kier molecular flexibility index (Phi) is 5.98. The third kappa shape index (κ3) is 5.40. The van der Waals surface area contributed by atoms with E-state index in [1.165, 1.54) is 0 Å². The molecule has 0 aliphatic rings. The van der Waals surface area contributed by atoms with Crippen molar-refractivity contribution in [3.05, 3.63) is 11.9 Å². The number of nitrogen functional groups attached to an aromatic ring is 1. The van der Waals surface area contributed by atoms with Crippen LogP contribution >= 0.6 is 0 Å². The number of hydrazine groups is 1. The van der Waals surface area contributed by atoms with E-state index < -0.39 is 5.60 Å². The highest BCUT2D eigenvalue weighted by atomic mass is 16.3. The van der Waals surface area contributed by atoms with E-state index in [-0.39, 0.29) is 0 Å². The summed E-state index contributed by atoms with van der Waals surface area (Å²) in [4.78, 5) is 8.68. The molecule has 1 aromatic heterocycles. The Morgan fingerprint density at radius 2 is 1.95 bits per heavy atom. The lowest BCUT2D eigenvalue weighted by atomic mass is 10.0. The molecule has 108 valence electrons. The molecule has 1 rings (SSSR count). The summed E-state index contributed by atoms with van der Waals surface area (Å²) in [7, 11) is 0. The van der Waals surface area contributed by atoms with Crippen LogP contribution in [0.5, 0.6) is 0 Å². The van der Waals surface area contributed by atoms with E-state index in [1.807, 2.05) is 6.92 Å². The van der Waals surface area contributed by atoms with Crippen LogP contribution in [0.1, 0.15) is 45.9 Å². The molecule has 6 nitrogen and oxygen atoms in total. The monoisotopic (exact) mass is 267 g/mol. The average molecular weight is 267 g/mol. The Hall–Kier alpha value is -1.40. The molecule has 1 aromatic rings. The molecule has 0 saturated carbocycles. The van der Waals surface area contributed by atoms with Crippen LogP contribution in [0.3, 0.4) is 0 Å². The summed E-state index contributed by atoms with van der Waals surface area (Å²) in [5.41, 5.74) is 1.80. The molecule has 0 amide bonds. The minimum atomic E-state index is -0.735. The van der Waals surface area contributed by atoms with Crippen LogP contribution in [0.25, 0.3) is 0 Å². The van der Waals surface area contributed by atoms with Crippen molar-refractivity contribution in [2.45, 2.75) is 52.1 Å². The number of hydrogen-bond donors (Lipinski definition) is 4. The second-order valence-corrected chi connectivity index (χ2v) is 5.05. The maximum absolute atomic E-state index is 10.1. The molecule has 1 atom stereocenters. The largest absolute Gasteiger partial charge is 0.388 e. The van der Waals surface area contributed by atoms with Crippen LogP contribution in [0, 0.1) is 0 Å². The lowest BCUT2D eigenvalue weighted by molar-refractivity contribution is 0.0636. The highest BCUT2D eigenvalue weighted by molar-refractivity contribution is 5.47. The summed E-state index contributed by atoms with van der Waals surface area (Å²) in [6.45, 7) is 6.40. The summed E-state index contributed by atoms with van der Waals surface area (Å²) in [5.74, 6) is 7.40. The number of nitrogens with zero attached hydrogens (tertiary/aromatic N) is 2. The zero-order chi connectivity index (χ0) is 14.3. The van der Waals surface area contributed by atoms with Crippen molar-refractivity contribution in [2.75, 3.05) is 17.3 Å². The van der Waals surface area contributed by atoms with Crippen molar-refractivity contribution < 1.29 is 5.11 Å². The lowest BCUT2D eigenvalue weighted by Gasteiger charge is -2.23. The molecule has 0 aliphatic carbocycles. The fraction of sp³-hybridized carbons (Fsp3) is 0.692. The van der Waals surface area contributed by atoms with Gasteiger partial charge in [-0.1, -0.05) is 20.3 Å². The molecular weight excluding hydrogens is 242 g/mol. The van der Waals surface area contributed by atoms with Gasteiger partial charge in [0, 0.05) is 19.0 Å². The first-order chi connectivity index (χ1) is 9.00. The first kappa shape index (κ1) is 15.7. The van der Waals surface area contributed by atoms with Gasteiger partial charge in [0.05, 0.1) is 5.60 Å². The number of aryl methyl sites for hydroxylation is 1. The molecule has 0 bridgehead atoms. The van der Waals surface area contributed by atoms with E-state index in [4.69, 9.17) is 5.84 Å². The SMILES string of the molecule is CCCc1nc(NN)cc(NCC(C)(O)CCC)n1. The maximum atomic E-state index is 10.1. The van der Waals surface area contributed by atoms with Crippen LogP contribution in [-0.2, 0) is 6.42 Å². The molecule has 0 aromatic carbocycles. The molecular formula is C13H25N5O. The van der Waals surface area contributed by atoms with Crippen LogP contribution < -0.4 is 16.6 Å². The van der Waals surface area contributed by atoms with Crippen molar-refractivity contribution in [3.63, 3.8) is 0 Å². The Morgan fingerprint density at radius 3 is 2.53 bits per heavy atom. The minimum Gasteiger partial charge on any atom is -0.388 e. The van der Waals surface area contributed by atoms with E-state index >= 15 is 0 Å². The first-order valence-electron chi connectivity index (χ1n) is 6.81.